The largest absolute Gasteiger partial charge is 0.309 e. The van der Waals surface area contributed by atoms with E-state index in [0.29, 0.717) is 24.0 Å². The van der Waals surface area contributed by atoms with E-state index in [1.165, 1.54) is 30.6 Å². The maximum Gasteiger partial charge on any atom is 0.241 e. The van der Waals surface area contributed by atoms with Crippen molar-refractivity contribution >= 4 is 21.4 Å². The summed E-state index contributed by atoms with van der Waals surface area (Å²) in [5.41, 5.74) is 0.204. The molecule has 0 aromatic carbocycles. The first-order valence-corrected chi connectivity index (χ1v) is 10.2. The lowest BCUT2D eigenvalue weighted by atomic mass is 9.67. The molecule has 0 unspecified atom stereocenters. The van der Waals surface area contributed by atoms with Crippen LogP contribution in [0.15, 0.2) is 16.3 Å². The molecule has 0 atom stereocenters. The Morgan fingerprint density at radius 2 is 2.14 bits per heavy atom. The van der Waals surface area contributed by atoms with E-state index in [1.54, 1.807) is 6.07 Å². The Morgan fingerprint density at radius 3 is 2.71 bits per heavy atom. The second kappa shape index (κ2) is 5.99. The Kier molecular flexibility index (Phi) is 4.41. The molecule has 2 aliphatic rings. The van der Waals surface area contributed by atoms with E-state index in [2.05, 4.69) is 17.0 Å². The van der Waals surface area contributed by atoms with Gasteiger partial charge in [-0.05, 0) is 49.0 Å². The molecule has 4 nitrogen and oxygen atoms in total. The number of hydrogen-bond acceptors (Lipinski definition) is 4. The topological polar surface area (TPSA) is 58.2 Å². The van der Waals surface area contributed by atoms with Crippen LogP contribution in [0.2, 0.25) is 0 Å². The predicted molar refractivity (Wildman–Crippen MR) is 85.9 cm³/mol. The van der Waals surface area contributed by atoms with E-state index in [0.717, 1.165) is 24.1 Å². The lowest BCUT2D eigenvalue weighted by molar-refractivity contribution is 0.133. The highest BCUT2D eigenvalue weighted by Crippen LogP contribution is 2.43. The Hall–Kier alpha value is -0.430. The number of sulfonamides is 1. The first kappa shape index (κ1) is 15.5. The van der Waals surface area contributed by atoms with E-state index < -0.39 is 10.0 Å². The second-order valence-corrected chi connectivity index (χ2v) is 9.13. The van der Waals surface area contributed by atoms with Crippen LogP contribution in [0.4, 0.5) is 0 Å². The molecular formula is C15H24N2O2S2. The summed E-state index contributed by atoms with van der Waals surface area (Å²) < 4.78 is 27.9. The number of thiophene rings is 1. The predicted octanol–water partition coefficient (Wildman–Crippen LogP) is 2.86. The van der Waals surface area contributed by atoms with E-state index in [4.69, 9.17) is 0 Å². The third-order valence-electron chi connectivity index (χ3n) is 4.92. The molecule has 2 saturated carbocycles. The zero-order valence-electron chi connectivity index (χ0n) is 12.5. The van der Waals surface area contributed by atoms with Gasteiger partial charge in [0.25, 0.3) is 0 Å². The number of hydrogen-bond donors (Lipinski definition) is 2. The average Bonchev–Trinajstić information content (AvgIpc) is 3.11. The van der Waals surface area contributed by atoms with Crippen molar-refractivity contribution < 1.29 is 8.42 Å². The Labute approximate surface area is 131 Å². The van der Waals surface area contributed by atoms with Crippen LogP contribution in [0, 0.1) is 5.41 Å². The molecule has 1 aromatic heterocycles. The standard InChI is InChI=1S/C15H24N2O2S2/c1-2-15(7-3-8-15)11-17-21(18,19)14-6-9-20-13(14)10-16-12-4-5-12/h6,9,12,16-17H,2-5,7-8,10-11H2,1H3. The number of rotatable bonds is 8. The van der Waals surface area contributed by atoms with Gasteiger partial charge in [-0.15, -0.1) is 11.3 Å². The zero-order chi connectivity index (χ0) is 14.9. The summed E-state index contributed by atoms with van der Waals surface area (Å²) in [6.45, 7) is 3.40. The van der Waals surface area contributed by atoms with Crippen LogP contribution in [0.3, 0.4) is 0 Å². The molecule has 118 valence electrons. The summed E-state index contributed by atoms with van der Waals surface area (Å²) in [6, 6.07) is 2.32. The van der Waals surface area contributed by atoms with Gasteiger partial charge in [0, 0.05) is 24.0 Å². The first-order chi connectivity index (χ1) is 10.0. The highest BCUT2D eigenvalue weighted by molar-refractivity contribution is 7.89. The van der Waals surface area contributed by atoms with Gasteiger partial charge in [0.15, 0.2) is 0 Å². The number of nitrogens with one attached hydrogen (secondary N) is 2. The molecular weight excluding hydrogens is 304 g/mol. The third kappa shape index (κ3) is 3.50. The van der Waals surface area contributed by atoms with Gasteiger partial charge < -0.3 is 5.32 Å². The lowest BCUT2D eigenvalue weighted by Crippen LogP contribution is -2.41. The van der Waals surface area contributed by atoms with Gasteiger partial charge in [0.1, 0.15) is 0 Å². The lowest BCUT2D eigenvalue weighted by Gasteiger charge is -2.41. The third-order valence-corrected chi connectivity index (χ3v) is 7.46. The second-order valence-electron chi connectivity index (χ2n) is 6.39. The molecule has 1 aromatic rings. The van der Waals surface area contributed by atoms with Gasteiger partial charge in [-0.25, -0.2) is 13.1 Å². The van der Waals surface area contributed by atoms with Crippen molar-refractivity contribution in [3.8, 4) is 0 Å². The average molecular weight is 329 g/mol. The fraction of sp³-hybridized carbons (Fsp3) is 0.733. The summed E-state index contributed by atoms with van der Waals surface area (Å²) in [5.74, 6) is 0. The fourth-order valence-corrected chi connectivity index (χ4v) is 5.43. The van der Waals surface area contributed by atoms with Crippen LogP contribution in [-0.2, 0) is 16.6 Å². The quantitative estimate of drug-likeness (QED) is 0.771. The molecule has 0 bridgehead atoms. The van der Waals surface area contributed by atoms with Crippen LogP contribution in [-0.4, -0.2) is 21.0 Å². The molecule has 2 N–H and O–H groups in total. The Balaban J connectivity index is 1.64. The molecule has 3 rings (SSSR count). The highest BCUT2D eigenvalue weighted by Gasteiger charge is 2.36. The van der Waals surface area contributed by atoms with Gasteiger partial charge in [0.05, 0.1) is 4.90 Å². The van der Waals surface area contributed by atoms with Crippen LogP contribution < -0.4 is 10.0 Å². The molecule has 0 amide bonds. The molecule has 0 radical (unpaired) electrons. The summed E-state index contributed by atoms with van der Waals surface area (Å²) >= 11 is 1.52. The van der Waals surface area contributed by atoms with E-state index in [1.807, 2.05) is 5.38 Å². The van der Waals surface area contributed by atoms with Crippen LogP contribution in [0.5, 0.6) is 0 Å². The molecule has 0 spiro atoms. The van der Waals surface area contributed by atoms with Crippen LogP contribution in [0.25, 0.3) is 0 Å². The van der Waals surface area contributed by atoms with Crippen molar-refractivity contribution in [2.45, 2.75) is 62.9 Å². The van der Waals surface area contributed by atoms with Crippen molar-refractivity contribution in [3.63, 3.8) is 0 Å². The summed E-state index contributed by atoms with van der Waals surface area (Å²) in [5, 5.41) is 5.27. The molecule has 2 fully saturated rings. The molecule has 2 aliphatic carbocycles. The Morgan fingerprint density at radius 1 is 1.38 bits per heavy atom. The van der Waals surface area contributed by atoms with Crippen molar-refractivity contribution in [3.05, 3.63) is 16.3 Å². The Bertz CT molecular complexity index is 581. The van der Waals surface area contributed by atoms with Gasteiger partial charge in [-0.1, -0.05) is 13.3 Å². The van der Waals surface area contributed by atoms with Gasteiger partial charge in [-0.2, -0.15) is 0 Å². The van der Waals surface area contributed by atoms with E-state index in [9.17, 15) is 8.42 Å². The first-order valence-electron chi connectivity index (χ1n) is 7.84. The van der Waals surface area contributed by atoms with Crippen molar-refractivity contribution in [1.29, 1.82) is 0 Å². The van der Waals surface area contributed by atoms with Crippen molar-refractivity contribution in [2.24, 2.45) is 5.41 Å². The van der Waals surface area contributed by atoms with Crippen LogP contribution in [0.1, 0.15) is 50.3 Å². The summed E-state index contributed by atoms with van der Waals surface area (Å²) in [6.07, 6.45) is 6.99. The highest BCUT2D eigenvalue weighted by atomic mass is 32.2. The van der Waals surface area contributed by atoms with Crippen LogP contribution >= 0.6 is 11.3 Å². The van der Waals surface area contributed by atoms with Gasteiger partial charge in [0.2, 0.25) is 10.0 Å². The monoisotopic (exact) mass is 328 g/mol. The van der Waals surface area contributed by atoms with Gasteiger partial charge in [-0.3, -0.25) is 0 Å². The van der Waals surface area contributed by atoms with Crippen molar-refractivity contribution in [1.82, 2.24) is 10.0 Å². The smallest absolute Gasteiger partial charge is 0.241 e. The minimum Gasteiger partial charge on any atom is -0.309 e. The molecule has 0 saturated heterocycles. The maximum atomic E-state index is 12.5. The van der Waals surface area contributed by atoms with Gasteiger partial charge >= 0.3 is 0 Å². The summed E-state index contributed by atoms with van der Waals surface area (Å²) in [7, 11) is -3.37. The SMILES string of the molecule is CCC1(CNS(=O)(=O)c2ccsc2CNC2CC2)CCC1. The zero-order valence-corrected chi connectivity index (χ0v) is 14.2. The minimum absolute atomic E-state index is 0.204. The van der Waals surface area contributed by atoms with Crippen molar-refractivity contribution in [2.75, 3.05) is 6.54 Å². The molecule has 0 aliphatic heterocycles. The molecule has 6 heteroatoms. The van der Waals surface area contributed by atoms with E-state index >= 15 is 0 Å². The maximum absolute atomic E-state index is 12.5. The van der Waals surface area contributed by atoms with E-state index in [-0.39, 0.29) is 5.41 Å². The minimum atomic E-state index is -3.37. The normalized spacial score (nSPS) is 21.2. The fourth-order valence-electron chi connectivity index (χ4n) is 2.88. The summed E-state index contributed by atoms with van der Waals surface area (Å²) in [4.78, 5) is 1.39. The molecule has 1 heterocycles. The molecule has 21 heavy (non-hydrogen) atoms.